The standard InChI is InChI=1S/C16H21FN2O2/c1-15(2,3)19-14(21)16(8-9-16)13(20)18-10-11-4-6-12(17)7-5-11/h4-7H,8-10H2,1-3H3,(H,18,20)(H,19,21). The molecule has 1 saturated carbocycles. The van der Waals surface area contributed by atoms with Crippen LogP contribution in [0.4, 0.5) is 4.39 Å². The van der Waals surface area contributed by atoms with Crippen LogP contribution in [0.3, 0.4) is 0 Å². The second-order valence-corrected chi connectivity index (χ2v) is 6.60. The summed E-state index contributed by atoms with van der Waals surface area (Å²) in [5.41, 5.74) is -0.478. The van der Waals surface area contributed by atoms with Gasteiger partial charge in [-0.3, -0.25) is 9.59 Å². The van der Waals surface area contributed by atoms with E-state index in [4.69, 9.17) is 0 Å². The smallest absolute Gasteiger partial charge is 0.236 e. The fourth-order valence-electron chi connectivity index (χ4n) is 2.10. The predicted molar refractivity (Wildman–Crippen MR) is 77.8 cm³/mol. The fourth-order valence-corrected chi connectivity index (χ4v) is 2.10. The van der Waals surface area contributed by atoms with Crippen LogP contribution < -0.4 is 10.6 Å². The molecule has 0 radical (unpaired) electrons. The van der Waals surface area contributed by atoms with E-state index < -0.39 is 5.41 Å². The van der Waals surface area contributed by atoms with Crippen molar-refractivity contribution in [1.29, 1.82) is 0 Å². The van der Waals surface area contributed by atoms with Crippen LogP contribution in [0.2, 0.25) is 0 Å². The third kappa shape index (κ3) is 3.80. The van der Waals surface area contributed by atoms with Crippen LogP contribution >= 0.6 is 0 Å². The second kappa shape index (κ2) is 5.47. The fraction of sp³-hybridized carbons (Fsp3) is 0.500. The molecule has 1 aliphatic carbocycles. The van der Waals surface area contributed by atoms with Crippen molar-refractivity contribution in [3.8, 4) is 0 Å². The molecule has 0 saturated heterocycles. The Morgan fingerprint density at radius 2 is 1.71 bits per heavy atom. The van der Waals surface area contributed by atoms with Crippen LogP contribution in [0.15, 0.2) is 24.3 Å². The molecule has 0 spiro atoms. The zero-order valence-corrected chi connectivity index (χ0v) is 12.6. The lowest BCUT2D eigenvalue weighted by molar-refractivity contribution is -0.138. The Hall–Kier alpha value is -1.91. The van der Waals surface area contributed by atoms with Gasteiger partial charge in [0, 0.05) is 12.1 Å². The molecule has 2 rings (SSSR count). The molecule has 0 atom stereocenters. The molecule has 21 heavy (non-hydrogen) atoms. The summed E-state index contributed by atoms with van der Waals surface area (Å²) < 4.78 is 12.8. The molecule has 1 aromatic rings. The molecule has 4 nitrogen and oxygen atoms in total. The van der Waals surface area contributed by atoms with E-state index in [0.717, 1.165) is 5.56 Å². The van der Waals surface area contributed by atoms with Gasteiger partial charge in [0.15, 0.2) is 0 Å². The quantitative estimate of drug-likeness (QED) is 0.835. The van der Waals surface area contributed by atoms with Crippen molar-refractivity contribution in [3.63, 3.8) is 0 Å². The van der Waals surface area contributed by atoms with Crippen molar-refractivity contribution >= 4 is 11.8 Å². The first-order valence-corrected chi connectivity index (χ1v) is 7.08. The van der Waals surface area contributed by atoms with E-state index in [9.17, 15) is 14.0 Å². The second-order valence-electron chi connectivity index (χ2n) is 6.60. The number of carbonyl (C=O) groups is 2. The van der Waals surface area contributed by atoms with Gasteiger partial charge < -0.3 is 10.6 Å². The molecule has 0 heterocycles. The molecule has 0 aromatic heterocycles. The highest BCUT2D eigenvalue weighted by atomic mass is 19.1. The van der Waals surface area contributed by atoms with Crippen LogP contribution in [0, 0.1) is 11.2 Å². The highest BCUT2D eigenvalue weighted by molar-refractivity contribution is 6.08. The van der Waals surface area contributed by atoms with Gasteiger partial charge >= 0.3 is 0 Å². The molecule has 0 bridgehead atoms. The van der Waals surface area contributed by atoms with Crippen LogP contribution in [0.1, 0.15) is 39.2 Å². The van der Waals surface area contributed by atoms with Gasteiger partial charge in [-0.1, -0.05) is 12.1 Å². The monoisotopic (exact) mass is 292 g/mol. The summed E-state index contributed by atoms with van der Waals surface area (Å²) in [6.45, 7) is 5.95. The minimum Gasteiger partial charge on any atom is -0.351 e. The molecule has 5 heteroatoms. The Kier molecular flexibility index (Phi) is 4.03. The van der Waals surface area contributed by atoms with Crippen LogP contribution in [-0.4, -0.2) is 17.4 Å². The highest BCUT2D eigenvalue weighted by Crippen LogP contribution is 2.46. The first kappa shape index (κ1) is 15.5. The Morgan fingerprint density at radius 1 is 1.14 bits per heavy atom. The molecule has 1 aromatic carbocycles. The van der Waals surface area contributed by atoms with Crippen LogP contribution in [0.5, 0.6) is 0 Å². The largest absolute Gasteiger partial charge is 0.351 e. The number of hydrogen-bond donors (Lipinski definition) is 2. The van der Waals surface area contributed by atoms with Gasteiger partial charge in [0.2, 0.25) is 11.8 Å². The summed E-state index contributed by atoms with van der Waals surface area (Å²) in [6.07, 6.45) is 1.15. The van der Waals surface area contributed by atoms with Crippen molar-refractivity contribution < 1.29 is 14.0 Å². The van der Waals surface area contributed by atoms with Gasteiger partial charge in [-0.05, 0) is 51.3 Å². The van der Waals surface area contributed by atoms with Gasteiger partial charge in [-0.25, -0.2) is 4.39 Å². The molecule has 114 valence electrons. The SMILES string of the molecule is CC(C)(C)NC(=O)C1(C(=O)NCc2ccc(F)cc2)CC1. The normalized spacial score (nSPS) is 16.2. The third-order valence-electron chi connectivity index (χ3n) is 3.47. The van der Waals surface area contributed by atoms with E-state index in [0.29, 0.717) is 19.4 Å². The van der Waals surface area contributed by atoms with E-state index in [1.54, 1.807) is 12.1 Å². The Bertz CT molecular complexity index is 542. The number of halogens is 1. The van der Waals surface area contributed by atoms with Gasteiger partial charge in [0.1, 0.15) is 11.2 Å². The average Bonchev–Trinajstić information content (AvgIpc) is 3.17. The van der Waals surface area contributed by atoms with Gasteiger partial charge in [0.25, 0.3) is 0 Å². The lowest BCUT2D eigenvalue weighted by Gasteiger charge is -2.24. The first-order valence-electron chi connectivity index (χ1n) is 7.08. The van der Waals surface area contributed by atoms with Crippen molar-refractivity contribution in [2.75, 3.05) is 0 Å². The van der Waals surface area contributed by atoms with E-state index >= 15 is 0 Å². The van der Waals surface area contributed by atoms with Gasteiger partial charge in [0.05, 0.1) is 0 Å². The maximum absolute atomic E-state index is 12.8. The van der Waals surface area contributed by atoms with Crippen LogP contribution in [0.25, 0.3) is 0 Å². The number of amides is 2. The zero-order chi connectivity index (χ0) is 15.7. The minimum atomic E-state index is -0.923. The number of rotatable bonds is 4. The van der Waals surface area contributed by atoms with Crippen LogP contribution in [-0.2, 0) is 16.1 Å². The maximum Gasteiger partial charge on any atom is 0.236 e. The third-order valence-corrected chi connectivity index (χ3v) is 3.47. The topological polar surface area (TPSA) is 58.2 Å². The summed E-state index contributed by atoms with van der Waals surface area (Å²) in [5.74, 6) is -0.784. The lowest BCUT2D eigenvalue weighted by atomic mass is 10.0. The molecule has 0 aliphatic heterocycles. The van der Waals surface area contributed by atoms with E-state index in [1.165, 1.54) is 12.1 Å². The zero-order valence-electron chi connectivity index (χ0n) is 12.6. The van der Waals surface area contributed by atoms with Crippen molar-refractivity contribution in [2.24, 2.45) is 5.41 Å². The summed E-state index contributed by atoms with van der Waals surface area (Å²) in [7, 11) is 0. The predicted octanol–water partition coefficient (Wildman–Crippen LogP) is 2.14. The summed E-state index contributed by atoms with van der Waals surface area (Å²) in [5, 5.41) is 5.62. The Labute approximate surface area is 124 Å². The molecular weight excluding hydrogens is 271 g/mol. The highest BCUT2D eigenvalue weighted by Gasteiger charge is 2.56. The first-order chi connectivity index (χ1) is 9.73. The van der Waals surface area contributed by atoms with E-state index in [2.05, 4.69) is 10.6 Å². The number of benzene rings is 1. The molecular formula is C16H21FN2O2. The summed E-state index contributed by atoms with van der Waals surface area (Å²) in [6, 6.07) is 5.93. The number of nitrogens with one attached hydrogen (secondary N) is 2. The number of hydrogen-bond acceptors (Lipinski definition) is 2. The van der Waals surface area contributed by atoms with E-state index in [1.807, 2.05) is 20.8 Å². The Balaban J connectivity index is 1.93. The average molecular weight is 292 g/mol. The molecule has 1 fully saturated rings. The van der Waals surface area contributed by atoms with Crippen molar-refractivity contribution in [2.45, 2.75) is 45.7 Å². The minimum absolute atomic E-state index is 0.216. The van der Waals surface area contributed by atoms with Gasteiger partial charge in [-0.2, -0.15) is 0 Å². The van der Waals surface area contributed by atoms with Gasteiger partial charge in [-0.15, -0.1) is 0 Å². The summed E-state index contributed by atoms with van der Waals surface area (Å²) in [4.78, 5) is 24.5. The maximum atomic E-state index is 12.8. The lowest BCUT2D eigenvalue weighted by Crippen LogP contribution is -2.49. The van der Waals surface area contributed by atoms with Crippen molar-refractivity contribution in [1.82, 2.24) is 10.6 Å². The molecule has 2 amide bonds. The van der Waals surface area contributed by atoms with E-state index in [-0.39, 0.29) is 23.2 Å². The Morgan fingerprint density at radius 3 is 2.19 bits per heavy atom. The molecule has 0 unspecified atom stereocenters. The molecule has 2 N–H and O–H groups in total. The van der Waals surface area contributed by atoms with Crippen molar-refractivity contribution in [3.05, 3.63) is 35.6 Å². The summed E-state index contributed by atoms with van der Waals surface area (Å²) >= 11 is 0. The molecule has 1 aliphatic rings. The number of carbonyl (C=O) groups excluding carboxylic acids is 2.